The number of halogens is 1. The van der Waals surface area contributed by atoms with Crippen molar-refractivity contribution >= 4 is 28.1 Å². The number of aryl methyl sites for hydroxylation is 1. The Morgan fingerprint density at radius 2 is 1.75 bits per heavy atom. The van der Waals surface area contributed by atoms with Gasteiger partial charge < -0.3 is 15.2 Å². The number of piperazine rings is 1. The van der Waals surface area contributed by atoms with Gasteiger partial charge in [0, 0.05) is 67.1 Å². The molecule has 0 bridgehead atoms. The number of aromatic amines is 1. The van der Waals surface area contributed by atoms with E-state index in [1.807, 2.05) is 12.3 Å². The van der Waals surface area contributed by atoms with E-state index in [9.17, 15) is 9.18 Å². The summed E-state index contributed by atoms with van der Waals surface area (Å²) in [4.78, 5) is 21.8. The van der Waals surface area contributed by atoms with Gasteiger partial charge in [0.2, 0.25) is 0 Å². The van der Waals surface area contributed by atoms with Gasteiger partial charge in [-0.3, -0.25) is 9.69 Å². The number of hydrogen-bond donors (Lipinski definition) is 2. The highest BCUT2D eigenvalue weighted by atomic mass is 19.1. The van der Waals surface area contributed by atoms with Crippen molar-refractivity contribution in [2.45, 2.75) is 31.3 Å². The van der Waals surface area contributed by atoms with E-state index in [-0.39, 0.29) is 30.1 Å². The van der Waals surface area contributed by atoms with Gasteiger partial charge >= 0.3 is 0 Å². The topological polar surface area (TPSA) is 51.4 Å². The van der Waals surface area contributed by atoms with Gasteiger partial charge in [0.15, 0.2) is 5.78 Å². The van der Waals surface area contributed by atoms with E-state index >= 15 is 0 Å². The molecule has 0 amide bonds. The van der Waals surface area contributed by atoms with E-state index in [1.165, 1.54) is 22.7 Å². The maximum atomic E-state index is 14.4. The average Bonchev–Trinajstić information content (AvgIpc) is 3.40. The van der Waals surface area contributed by atoms with Crippen LogP contribution in [-0.4, -0.2) is 53.9 Å². The standard InChI is InChI=1S/C30H31FN4O/c31-24-8-3-1-7-22(24)20-29(36)30(27-13-12-21-6-2-4-9-25(21)33-27)35-18-16-34(17-19-35)28-11-5-10-26-23(28)14-15-32-26/h1-11,14-15,27,30,32-33H,12-13,16-20H2. The van der Waals surface area contributed by atoms with Gasteiger partial charge in [-0.25, -0.2) is 4.39 Å². The Balaban J connectivity index is 1.24. The van der Waals surface area contributed by atoms with E-state index < -0.39 is 0 Å². The smallest absolute Gasteiger partial charge is 0.156 e. The van der Waals surface area contributed by atoms with Crippen molar-refractivity contribution in [3.05, 3.63) is 95.9 Å². The lowest BCUT2D eigenvalue weighted by atomic mass is 9.88. The van der Waals surface area contributed by atoms with Crippen LogP contribution in [0.5, 0.6) is 0 Å². The average molecular weight is 483 g/mol. The third kappa shape index (κ3) is 4.37. The summed E-state index contributed by atoms with van der Waals surface area (Å²) in [5.41, 5.74) is 5.24. The number of H-pyrrole nitrogens is 1. The fourth-order valence-electron chi connectivity index (χ4n) is 5.90. The van der Waals surface area contributed by atoms with E-state index in [0.717, 1.165) is 50.2 Å². The highest BCUT2D eigenvalue weighted by molar-refractivity contribution is 5.92. The number of Topliss-reactive ketones (excluding diaryl/α,β-unsaturated/α-hetero) is 1. The minimum Gasteiger partial charge on any atom is -0.380 e. The quantitative estimate of drug-likeness (QED) is 0.405. The van der Waals surface area contributed by atoms with E-state index in [2.05, 4.69) is 62.6 Å². The summed E-state index contributed by atoms with van der Waals surface area (Å²) in [5.74, 6) is -0.228. The monoisotopic (exact) mass is 482 g/mol. The van der Waals surface area contributed by atoms with Crippen molar-refractivity contribution in [3.63, 3.8) is 0 Å². The second-order valence-corrected chi connectivity index (χ2v) is 9.87. The van der Waals surface area contributed by atoms with Gasteiger partial charge in [0.25, 0.3) is 0 Å². The molecule has 4 aromatic rings. The fourth-order valence-corrected chi connectivity index (χ4v) is 5.90. The molecule has 6 heteroatoms. The van der Waals surface area contributed by atoms with E-state index in [0.29, 0.717) is 5.56 Å². The molecule has 3 aromatic carbocycles. The summed E-state index contributed by atoms with van der Waals surface area (Å²) in [6.45, 7) is 3.26. The van der Waals surface area contributed by atoms with Crippen LogP contribution in [-0.2, 0) is 17.6 Å². The molecular formula is C30H31FN4O. The van der Waals surface area contributed by atoms with Gasteiger partial charge in [-0.1, -0.05) is 42.5 Å². The van der Waals surface area contributed by atoms with E-state index in [4.69, 9.17) is 0 Å². The number of para-hydroxylation sites is 1. The van der Waals surface area contributed by atoms with Crippen LogP contribution in [0.25, 0.3) is 10.9 Å². The Bertz CT molecular complexity index is 1370. The molecule has 5 nitrogen and oxygen atoms in total. The zero-order valence-corrected chi connectivity index (χ0v) is 20.3. The first kappa shape index (κ1) is 22.8. The molecule has 3 heterocycles. The summed E-state index contributed by atoms with van der Waals surface area (Å²) in [6.07, 6.45) is 3.91. The highest BCUT2D eigenvalue weighted by Gasteiger charge is 2.37. The summed E-state index contributed by atoms with van der Waals surface area (Å²) < 4.78 is 14.4. The van der Waals surface area contributed by atoms with E-state index in [1.54, 1.807) is 18.2 Å². The number of benzene rings is 3. The first-order chi connectivity index (χ1) is 17.7. The van der Waals surface area contributed by atoms with Crippen molar-refractivity contribution in [3.8, 4) is 0 Å². The van der Waals surface area contributed by atoms with Crippen LogP contribution in [0, 0.1) is 5.82 Å². The molecule has 6 rings (SSSR count). The SMILES string of the molecule is O=C(Cc1ccccc1F)C(C1CCc2ccccc2N1)N1CCN(c2cccc3[nH]ccc23)CC1. The zero-order valence-electron chi connectivity index (χ0n) is 20.3. The molecule has 0 spiro atoms. The van der Waals surface area contributed by atoms with Crippen molar-refractivity contribution in [2.75, 3.05) is 36.4 Å². The largest absolute Gasteiger partial charge is 0.380 e. The number of fused-ring (bicyclic) bond motifs is 2. The number of nitrogens with zero attached hydrogens (tertiary/aromatic N) is 2. The van der Waals surface area contributed by atoms with Gasteiger partial charge in [-0.05, 0) is 54.3 Å². The molecule has 2 atom stereocenters. The fraction of sp³-hybridized carbons (Fsp3) is 0.300. The highest BCUT2D eigenvalue weighted by Crippen LogP contribution is 2.30. The Kier molecular flexibility index (Phi) is 6.20. The number of carbonyl (C=O) groups excluding carboxylic acids is 1. The van der Waals surface area contributed by atoms with Gasteiger partial charge in [0.1, 0.15) is 5.82 Å². The molecule has 0 saturated carbocycles. The van der Waals surface area contributed by atoms with Crippen molar-refractivity contribution < 1.29 is 9.18 Å². The number of ketones is 1. The molecular weight excluding hydrogens is 451 g/mol. The van der Waals surface area contributed by atoms with Crippen LogP contribution < -0.4 is 10.2 Å². The molecule has 0 aliphatic carbocycles. The minimum atomic E-state index is -0.309. The number of carbonyl (C=O) groups is 1. The first-order valence-corrected chi connectivity index (χ1v) is 12.8. The third-order valence-electron chi connectivity index (χ3n) is 7.74. The maximum absolute atomic E-state index is 14.4. The molecule has 2 N–H and O–H groups in total. The van der Waals surface area contributed by atoms with Gasteiger partial charge in [-0.2, -0.15) is 0 Å². The van der Waals surface area contributed by atoms with Crippen LogP contribution in [0.1, 0.15) is 17.5 Å². The van der Waals surface area contributed by atoms with Crippen molar-refractivity contribution in [1.29, 1.82) is 0 Å². The maximum Gasteiger partial charge on any atom is 0.156 e. The number of hydrogen-bond acceptors (Lipinski definition) is 4. The van der Waals surface area contributed by atoms with Crippen LogP contribution >= 0.6 is 0 Å². The predicted octanol–water partition coefficient (Wildman–Crippen LogP) is 5.04. The Labute approximate surface area is 210 Å². The van der Waals surface area contributed by atoms with Crippen molar-refractivity contribution in [2.24, 2.45) is 0 Å². The van der Waals surface area contributed by atoms with Crippen LogP contribution in [0.2, 0.25) is 0 Å². The lowest BCUT2D eigenvalue weighted by molar-refractivity contribution is -0.124. The second kappa shape index (κ2) is 9.78. The molecule has 184 valence electrons. The molecule has 2 aliphatic rings. The molecule has 36 heavy (non-hydrogen) atoms. The zero-order chi connectivity index (χ0) is 24.5. The summed E-state index contributed by atoms with van der Waals surface area (Å²) >= 11 is 0. The molecule has 1 fully saturated rings. The summed E-state index contributed by atoms with van der Waals surface area (Å²) in [5, 5.41) is 4.89. The molecule has 1 aromatic heterocycles. The summed E-state index contributed by atoms with van der Waals surface area (Å²) in [7, 11) is 0. The van der Waals surface area contributed by atoms with Crippen LogP contribution in [0.3, 0.4) is 0 Å². The molecule has 1 saturated heterocycles. The Hall–Kier alpha value is -3.64. The van der Waals surface area contributed by atoms with Crippen LogP contribution in [0.15, 0.2) is 79.0 Å². The second-order valence-electron chi connectivity index (χ2n) is 9.87. The summed E-state index contributed by atoms with van der Waals surface area (Å²) in [6, 6.07) is 23.2. The van der Waals surface area contributed by atoms with Gasteiger partial charge in [0.05, 0.1) is 6.04 Å². The van der Waals surface area contributed by atoms with Gasteiger partial charge in [-0.15, -0.1) is 0 Å². The Morgan fingerprint density at radius 1 is 0.944 bits per heavy atom. The first-order valence-electron chi connectivity index (χ1n) is 12.8. The number of anilines is 2. The lowest BCUT2D eigenvalue weighted by Gasteiger charge is -2.44. The van der Waals surface area contributed by atoms with Crippen LogP contribution in [0.4, 0.5) is 15.8 Å². The molecule has 2 aliphatic heterocycles. The third-order valence-corrected chi connectivity index (χ3v) is 7.74. The predicted molar refractivity (Wildman–Crippen MR) is 143 cm³/mol. The molecule has 2 unspecified atom stereocenters. The minimum absolute atomic E-state index is 0.00108. The Morgan fingerprint density at radius 3 is 2.61 bits per heavy atom. The number of aromatic nitrogens is 1. The normalized spacial score (nSPS) is 19.0. The molecule has 0 radical (unpaired) electrons. The number of nitrogens with one attached hydrogen (secondary N) is 2. The lowest BCUT2D eigenvalue weighted by Crippen LogP contribution is -2.59. The number of rotatable bonds is 6. The van der Waals surface area contributed by atoms with Crippen molar-refractivity contribution in [1.82, 2.24) is 9.88 Å².